The van der Waals surface area contributed by atoms with Gasteiger partial charge in [0.15, 0.2) is 0 Å². The summed E-state index contributed by atoms with van der Waals surface area (Å²) in [6.45, 7) is 1.43. The molecule has 6 N–H and O–H groups in total. The fraction of sp³-hybridized carbons (Fsp3) is 0.625. The molecule has 0 saturated heterocycles. The van der Waals surface area contributed by atoms with Crippen LogP contribution in [0.4, 0.5) is 0 Å². The van der Waals surface area contributed by atoms with E-state index in [1.54, 1.807) is 0 Å². The maximum Gasteiger partial charge on any atom is 0.329 e. The highest BCUT2D eigenvalue weighted by molar-refractivity contribution is 7.52. The number of aliphatic carboxylic acids is 1. The molecule has 94 valence electrons. The topological polar surface area (TPSA) is 141 Å². The summed E-state index contributed by atoms with van der Waals surface area (Å²) in [5.41, 5.74) is 5.34. The molecule has 0 amide bonds. The average Bonchev–Trinajstić information content (AvgIpc) is 1.98. The Morgan fingerprint density at radius 1 is 1.50 bits per heavy atom. The molecule has 0 fully saturated rings. The van der Waals surface area contributed by atoms with Crippen LogP contribution in [0.15, 0.2) is 11.6 Å². The number of rotatable bonds is 6. The van der Waals surface area contributed by atoms with Gasteiger partial charge in [0.25, 0.3) is 0 Å². The Kier molecular flexibility index (Phi) is 5.85. The highest BCUT2D eigenvalue weighted by atomic mass is 31.2. The standard InChI is InChI=1S/C8H16NO6P/c1-5(10)2-6(4-16(13,14)15)3-7(9)8(11)12/h3,5,7,10H,2,4,9H2,1H3,(H,11,12)(H2,13,14,15)/b6-3-. The summed E-state index contributed by atoms with van der Waals surface area (Å²) >= 11 is 0. The van der Waals surface area contributed by atoms with Crippen LogP contribution in [0.2, 0.25) is 0 Å². The second-order valence-corrected chi connectivity index (χ2v) is 5.21. The van der Waals surface area contributed by atoms with E-state index < -0.39 is 31.9 Å². The lowest BCUT2D eigenvalue weighted by molar-refractivity contribution is -0.137. The van der Waals surface area contributed by atoms with Gasteiger partial charge in [-0.15, -0.1) is 0 Å². The summed E-state index contributed by atoms with van der Waals surface area (Å²) in [4.78, 5) is 28.0. The van der Waals surface area contributed by atoms with Crippen LogP contribution in [-0.4, -0.2) is 44.3 Å². The molecule has 0 aromatic heterocycles. The van der Waals surface area contributed by atoms with E-state index in [2.05, 4.69) is 0 Å². The van der Waals surface area contributed by atoms with Gasteiger partial charge in [-0.05, 0) is 13.3 Å². The van der Waals surface area contributed by atoms with E-state index in [1.165, 1.54) is 6.92 Å². The van der Waals surface area contributed by atoms with Gasteiger partial charge < -0.3 is 25.7 Å². The Bertz CT molecular complexity index is 320. The van der Waals surface area contributed by atoms with Crippen LogP contribution < -0.4 is 5.73 Å². The molecule has 8 heteroatoms. The van der Waals surface area contributed by atoms with E-state index in [0.717, 1.165) is 6.08 Å². The van der Waals surface area contributed by atoms with Gasteiger partial charge in [-0.25, -0.2) is 0 Å². The van der Waals surface area contributed by atoms with E-state index in [4.69, 9.17) is 25.7 Å². The highest BCUT2D eigenvalue weighted by Gasteiger charge is 2.19. The molecule has 0 aromatic carbocycles. The molecule has 7 nitrogen and oxygen atoms in total. The van der Waals surface area contributed by atoms with Crippen molar-refractivity contribution in [3.05, 3.63) is 11.6 Å². The van der Waals surface area contributed by atoms with Crippen LogP contribution in [0.3, 0.4) is 0 Å². The molecule has 0 spiro atoms. The van der Waals surface area contributed by atoms with E-state index >= 15 is 0 Å². The molecule has 16 heavy (non-hydrogen) atoms. The number of hydrogen-bond donors (Lipinski definition) is 5. The first kappa shape index (κ1) is 15.3. The lowest BCUT2D eigenvalue weighted by Crippen LogP contribution is -2.28. The van der Waals surface area contributed by atoms with Gasteiger partial charge in [-0.3, -0.25) is 9.36 Å². The number of carboxylic acids is 1. The smallest absolute Gasteiger partial charge is 0.329 e. The quantitative estimate of drug-likeness (QED) is 0.310. The van der Waals surface area contributed by atoms with Gasteiger partial charge >= 0.3 is 13.6 Å². The summed E-state index contributed by atoms with van der Waals surface area (Å²) in [6.07, 6.45) is -0.391. The molecule has 0 aromatic rings. The van der Waals surface area contributed by atoms with Crippen LogP contribution in [0.25, 0.3) is 0 Å². The normalized spacial score (nSPS) is 16.9. The minimum Gasteiger partial charge on any atom is -0.480 e. The Balaban J connectivity index is 4.79. The Labute approximate surface area is 92.7 Å². The lowest BCUT2D eigenvalue weighted by atomic mass is 10.1. The third kappa shape index (κ3) is 7.56. The summed E-state index contributed by atoms with van der Waals surface area (Å²) in [7, 11) is -4.29. The van der Waals surface area contributed by atoms with Crippen LogP contribution >= 0.6 is 7.60 Å². The summed E-state index contributed by atoms with van der Waals surface area (Å²) < 4.78 is 10.8. The maximum absolute atomic E-state index is 10.8. The second kappa shape index (κ2) is 6.12. The zero-order valence-corrected chi connectivity index (χ0v) is 9.67. The molecular weight excluding hydrogens is 237 g/mol. The molecule has 0 heterocycles. The zero-order valence-electron chi connectivity index (χ0n) is 8.78. The fourth-order valence-electron chi connectivity index (χ4n) is 1.15. The first-order valence-electron chi connectivity index (χ1n) is 4.52. The number of hydrogen-bond acceptors (Lipinski definition) is 4. The molecule has 0 aliphatic rings. The third-order valence-corrected chi connectivity index (χ3v) is 2.49. The number of nitrogens with two attached hydrogens (primary N) is 1. The molecule has 0 bridgehead atoms. The van der Waals surface area contributed by atoms with Gasteiger partial charge in [0.2, 0.25) is 0 Å². The molecule has 0 aliphatic heterocycles. The fourth-order valence-corrected chi connectivity index (χ4v) is 1.92. The predicted molar refractivity (Wildman–Crippen MR) is 56.9 cm³/mol. The predicted octanol–water partition coefficient (Wildman–Crippen LogP) is -0.727. The van der Waals surface area contributed by atoms with Crippen molar-refractivity contribution in [2.75, 3.05) is 6.16 Å². The Hall–Kier alpha value is -0.720. The number of aliphatic hydroxyl groups excluding tert-OH is 1. The first-order valence-corrected chi connectivity index (χ1v) is 6.32. The lowest BCUT2D eigenvalue weighted by Gasteiger charge is -2.12. The van der Waals surface area contributed by atoms with Crippen molar-refractivity contribution in [1.29, 1.82) is 0 Å². The molecule has 2 unspecified atom stereocenters. The van der Waals surface area contributed by atoms with Gasteiger partial charge in [0.1, 0.15) is 6.04 Å². The number of carbonyl (C=O) groups is 1. The van der Waals surface area contributed by atoms with Crippen molar-refractivity contribution in [3.63, 3.8) is 0 Å². The minimum atomic E-state index is -4.29. The van der Waals surface area contributed by atoms with Crippen molar-refractivity contribution in [3.8, 4) is 0 Å². The number of aliphatic hydroxyl groups is 1. The molecule has 0 radical (unpaired) electrons. The van der Waals surface area contributed by atoms with Crippen LogP contribution in [-0.2, 0) is 9.36 Å². The summed E-state index contributed by atoms with van der Waals surface area (Å²) in [5, 5.41) is 17.6. The van der Waals surface area contributed by atoms with Gasteiger partial charge in [-0.1, -0.05) is 11.6 Å². The molecular formula is C8H16NO6P. The van der Waals surface area contributed by atoms with E-state index in [0.29, 0.717) is 0 Å². The van der Waals surface area contributed by atoms with E-state index in [-0.39, 0.29) is 12.0 Å². The van der Waals surface area contributed by atoms with Crippen LogP contribution in [0.1, 0.15) is 13.3 Å². The third-order valence-electron chi connectivity index (χ3n) is 1.67. The van der Waals surface area contributed by atoms with Crippen molar-refractivity contribution in [2.45, 2.75) is 25.5 Å². The SMILES string of the molecule is CC(O)C/C(=C/C(N)C(=O)O)CP(=O)(O)O. The average molecular weight is 253 g/mol. The van der Waals surface area contributed by atoms with Crippen molar-refractivity contribution < 1.29 is 29.4 Å². The molecule has 0 saturated carbocycles. The monoisotopic (exact) mass is 253 g/mol. The number of carboxylic acid groups (broad SMARTS) is 1. The molecule has 0 rings (SSSR count). The van der Waals surface area contributed by atoms with E-state index in [1.807, 2.05) is 0 Å². The van der Waals surface area contributed by atoms with Gasteiger partial charge in [0.05, 0.1) is 12.3 Å². The van der Waals surface area contributed by atoms with Crippen LogP contribution in [0.5, 0.6) is 0 Å². The summed E-state index contributed by atoms with van der Waals surface area (Å²) in [6, 6.07) is -1.33. The first-order chi connectivity index (χ1) is 7.11. The van der Waals surface area contributed by atoms with E-state index in [9.17, 15) is 9.36 Å². The maximum atomic E-state index is 10.8. The van der Waals surface area contributed by atoms with Crippen molar-refractivity contribution in [2.24, 2.45) is 5.73 Å². The summed E-state index contributed by atoms with van der Waals surface area (Å²) in [5.74, 6) is -1.30. The van der Waals surface area contributed by atoms with Crippen molar-refractivity contribution >= 4 is 13.6 Å². The Morgan fingerprint density at radius 2 is 2.00 bits per heavy atom. The largest absolute Gasteiger partial charge is 0.480 e. The van der Waals surface area contributed by atoms with Gasteiger partial charge in [0, 0.05) is 0 Å². The zero-order chi connectivity index (χ0) is 12.9. The van der Waals surface area contributed by atoms with Crippen molar-refractivity contribution in [1.82, 2.24) is 0 Å². The highest BCUT2D eigenvalue weighted by Crippen LogP contribution is 2.37. The minimum absolute atomic E-state index is 0.0217. The van der Waals surface area contributed by atoms with Crippen LogP contribution in [0, 0.1) is 0 Å². The molecule has 2 atom stereocenters. The second-order valence-electron chi connectivity index (χ2n) is 3.56. The molecule has 0 aliphatic carbocycles. The Morgan fingerprint density at radius 3 is 2.31 bits per heavy atom. The van der Waals surface area contributed by atoms with Gasteiger partial charge in [-0.2, -0.15) is 0 Å².